The third-order valence-electron chi connectivity index (χ3n) is 2.68. The van der Waals surface area contributed by atoms with E-state index in [1.165, 1.54) is 22.8 Å². The molecule has 98 valence electrons. The van der Waals surface area contributed by atoms with E-state index in [0.717, 1.165) is 24.4 Å². The predicted octanol–water partition coefficient (Wildman–Crippen LogP) is 3.61. The topological polar surface area (TPSA) is 36.8 Å². The Morgan fingerprint density at radius 1 is 1.22 bits per heavy atom. The molecular weight excluding hydrogens is 361 g/mol. The Kier molecular flexibility index (Phi) is 7.27. The summed E-state index contributed by atoms with van der Waals surface area (Å²) in [6, 6.07) is 8.18. The zero-order chi connectivity index (χ0) is 11.9. The van der Waals surface area contributed by atoms with Crippen molar-refractivity contribution in [1.29, 1.82) is 0 Å². The number of halogens is 2. The van der Waals surface area contributed by atoms with Crippen LogP contribution >= 0.6 is 35.0 Å². The molecule has 1 aliphatic heterocycles. The molecule has 1 aliphatic rings. The standard InChI is InChI=1S/C13H16IN3.ClH/c14-12-7-4-3-6-11(12)10-16-17-13-8-2-1-5-9-15-13;/h3-4,6-7,10H,1-2,5,8-9H2,(H,15,17);1H/b16-10+;. The molecule has 0 radical (unpaired) electrons. The highest BCUT2D eigenvalue weighted by molar-refractivity contribution is 14.1. The van der Waals surface area contributed by atoms with Gasteiger partial charge in [-0.3, -0.25) is 10.4 Å². The Labute approximate surface area is 128 Å². The van der Waals surface area contributed by atoms with E-state index < -0.39 is 0 Å². The van der Waals surface area contributed by atoms with Crippen LogP contribution in [0.4, 0.5) is 0 Å². The number of hydrogen-bond acceptors (Lipinski definition) is 3. The fraction of sp³-hybridized carbons (Fsp3) is 0.385. The van der Waals surface area contributed by atoms with Crippen molar-refractivity contribution in [2.45, 2.75) is 25.7 Å². The van der Waals surface area contributed by atoms with Gasteiger partial charge in [0.15, 0.2) is 0 Å². The van der Waals surface area contributed by atoms with Crippen molar-refractivity contribution in [3.05, 3.63) is 33.4 Å². The molecule has 0 bridgehead atoms. The molecule has 5 heteroatoms. The highest BCUT2D eigenvalue weighted by Crippen LogP contribution is 2.09. The van der Waals surface area contributed by atoms with E-state index >= 15 is 0 Å². The minimum Gasteiger partial charge on any atom is -0.271 e. The van der Waals surface area contributed by atoms with Crippen LogP contribution in [0.25, 0.3) is 0 Å². The maximum Gasteiger partial charge on any atom is 0.117 e. The van der Waals surface area contributed by atoms with E-state index in [0.29, 0.717) is 0 Å². The zero-order valence-corrected chi connectivity index (χ0v) is 13.1. The summed E-state index contributed by atoms with van der Waals surface area (Å²) in [5, 5.41) is 4.26. The number of hydrazone groups is 1. The van der Waals surface area contributed by atoms with Crippen molar-refractivity contribution in [2.75, 3.05) is 6.54 Å². The minimum atomic E-state index is 0. The number of benzene rings is 1. The van der Waals surface area contributed by atoms with Crippen molar-refractivity contribution < 1.29 is 0 Å². The van der Waals surface area contributed by atoms with Gasteiger partial charge in [0, 0.05) is 22.1 Å². The first-order chi connectivity index (χ1) is 8.36. The van der Waals surface area contributed by atoms with Gasteiger partial charge in [0.25, 0.3) is 0 Å². The number of nitrogens with one attached hydrogen (secondary N) is 1. The van der Waals surface area contributed by atoms with Gasteiger partial charge in [-0.15, -0.1) is 12.4 Å². The molecule has 0 aliphatic carbocycles. The molecule has 0 amide bonds. The lowest BCUT2D eigenvalue weighted by Gasteiger charge is -2.02. The van der Waals surface area contributed by atoms with Crippen LogP contribution in [0.15, 0.2) is 34.4 Å². The van der Waals surface area contributed by atoms with Crippen LogP contribution in [-0.4, -0.2) is 18.6 Å². The number of nitrogens with zero attached hydrogens (tertiary/aromatic N) is 2. The van der Waals surface area contributed by atoms with Gasteiger partial charge in [-0.25, -0.2) is 0 Å². The van der Waals surface area contributed by atoms with Crippen molar-refractivity contribution >= 4 is 47.0 Å². The van der Waals surface area contributed by atoms with Crippen molar-refractivity contribution in [2.24, 2.45) is 10.1 Å². The SMILES string of the molecule is Cl.Ic1ccccc1/C=N/NC1=NCCCCC1. The Balaban J connectivity index is 0.00000162. The van der Waals surface area contributed by atoms with Gasteiger partial charge >= 0.3 is 0 Å². The molecule has 0 atom stereocenters. The number of rotatable bonds is 2. The van der Waals surface area contributed by atoms with E-state index in [1.807, 2.05) is 18.3 Å². The van der Waals surface area contributed by atoms with Crippen molar-refractivity contribution in [3.8, 4) is 0 Å². The van der Waals surface area contributed by atoms with E-state index in [2.05, 4.69) is 50.2 Å². The molecule has 1 aromatic rings. The highest BCUT2D eigenvalue weighted by atomic mass is 127. The average molecular weight is 378 g/mol. The van der Waals surface area contributed by atoms with Crippen molar-refractivity contribution in [3.63, 3.8) is 0 Å². The number of hydrogen-bond donors (Lipinski definition) is 1. The first-order valence-corrected chi connectivity index (χ1v) is 7.01. The van der Waals surface area contributed by atoms with Crippen LogP contribution < -0.4 is 5.43 Å². The molecule has 0 saturated carbocycles. The van der Waals surface area contributed by atoms with Crippen LogP contribution in [0.2, 0.25) is 0 Å². The first-order valence-electron chi connectivity index (χ1n) is 5.93. The molecular formula is C13H17ClIN3. The summed E-state index contributed by atoms with van der Waals surface area (Å²) in [7, 11) is 0. The summed E-state index contributed by atoms with van der Waals surface area (Å²) in [4.78, 5) is 4.47. The molecule has 3 nitrogen and oxygen atoms in total. The second kappa shape index (κ2) is 8.48. The third kappa shape index (κ3) is 4.94. The fourth-order valence-corrected chi connectivity index (χ4v) is 2.25. The maximum absolute atomic E-state index is 4.47. The second-order valence-electron chi connectivity index (χ2n) is 4.03. The van der Waals surface area contributed by atoms with Gasteiger partial charge in [0.1, 0.15) is 5.84 Å². The molecule has 0 aromatic heterocycles. The smallest absolute Gasteiger partial charge is 0.117 e. The molecule has 18 heavy (non-hydrogen) atoms. The van der Waals surface area contributed by atoms with Crippen LogP contribution in [0, 0.1) is 3.57 Å². The summed E-state index contributed by atoms with van der Waals surface area (Å²) in [5.41, 5.74) is 4.19. The van der Waals surface area contributed by atoms with E-state index in [9.17, 15) is 0 Å². The molecule has 0 saturated heterocycles. The van der Waals surface area contributed by atoms with Crippen LogP contribution in [0.3, 0.4) is 0 Å². The van der Waals surface area contributed by atoms with Crippen LogP contribution in [0.5, 0.6) is 0 Å². The lowest BCUT2D eigenvalue weighted by molar-refractivity contribution is 0.729. The van der Waals surface area contributed by atoms with Gasteiger partial charge in [0.2, 0.25) is 0 Å². The minimum absolute atomic E-state index is 0. The molecule has 0 unspecified atom stereocenters. The van der Waals surface area contributed by atoms with E-state index in [-0.39, 0.29) is 12.4 Å². The molecule has 0 spiro atoms. The van der Waals surface area contributed by atoms with Crippen LogP contribution in [0.1, 0.15) is 31.2 Å². The van der Waals surface area contributed by atoms with E-state index in [1.54, 1.807) is 0 Å². The molecule has 1 N–H and O–H groups in total. The molecule has 2 rings (SSSR count). The third-order valence-corrected chi connectivity index (χ3v) is 3.66. The average Bonchev–Trinajstić information content (AvgIpc) is 2.60. The maximum atomic E-state index is 4.47. The summed E-state index contributed by atoms with van der Waals surface area (Å²) in [5.74, 6) is 1.02. The quantitative estimate of drug-likeness (QED) is 0.477. The Morgan fingerprint density at radius 3 is 2.89 bits per heavy atom. The monoisotopic (exact) mass is 377 g/mol. The first kappa shape index (κ1) is 15.4. The molecule has 1 aromatic carbocycles. The van der Waals surface area contributed by atoms with E-state index in [4.69, 9.17) is 0 Å². The van der Waals surface area contributed by atoms with Gasteiger partial charge in [-0.1, -0.05) is 24.6 Å². The fourth-order valence-electron chi connectivity index (χ4n) is 1.72. The normalized spacial score (nSPS) is 15.7. The van der Waals surface area contributed by atoms with Gasteiger partial charge in [0.05, 0.1) is 6.21 Å². The summed E-state index contributed by atoms with van der Waals surface area (Å²) >= 11 is 2.31. The molecule has 0 fully saturated rings. The van der Waals surface area contributed by atoms with Gasteiger partial charge in [-0.2, -0.15) is 5.10 Å². The summed E-state index contributed by atoms with van der Waals surface area (Å²) in [6.45, 7) is 0.931. The van der Waals surface area contributed by atoms with Crippen molar-refractivity contribution in [1.82, 2.24) is 5.43 Å². The Hall–Kier alpha value is -0.620. The lowest BCUT2D eigenvalue weighted by atomic mass is 10.2. The van der Waals surface area contributed by atoms with Crippen LogP contribution in [-0.2, 0) is 0 Å². The van der Waals surface area contributed by atoms with Gasteiger partial charge < -0.3 is 0 Å². The largest absolute Gasteiger partial charge is 0.271 e. The predicted molar refractivity (Wildman–Crippen MR) is 87.9 cm³/mol. The Bertz CT molecular complexity index is 432. The summed E-state index contributed by atoms with van der Waals surface area (Å²) < 4.78 is 1.21. The lowest BCUT2D eigenvalue weighted by Crippen LogP contribution is -2.17. The van der Waals surface area contributed by atoms with Gasteiger partial charge in [-0.05, 0) is 41.5 Å². The summed E-state index contributed by atoms with van der Waals surface area (Å²) in [6.07, 6.45) is 6.56. The molecule has 1 heterocycles. The highest BCUT2D eigenvalue weighted by Gasteiger charge is 2.02. The zero-order valence-electron chi connectivity index (χ0n) is 10.1. The Morgan fingerprint density at radius 2 is 2.06 bits per heavy atom. The number of amidine groups is 1. The second-order valence-corrected chi connectivity index (χ2v) is 5.19. The number of aliphatic imine (C=N–C) groups is 1.